The van der Waals surface area contributed by atoms with E-state index < -0.39 is 18.7 Å². The molecule has 0 spiro atoms. The van der Waals surface area contributed by atoms with Crippen molar-refractivity contribution in [3.63, 3.8) is 0 Å². The molecule has 0 unspecified atom stereocenters. The topological polar surface area (TPSA) is 93.1 Å². The molecule has 0 aliphatic heterocycles. The van der Waals surface area contributed by atoms with E-state index in [0.29, 0.717) is 23.5 Å². The van der Waals surface area contributed by atoms with Crippen LogP contribution in [-0.4, -0.2) is 84.5 Å². The first kappa shape index (κ1) is 20.0. The molecule has 20 heavy (non-hydrogen) atoms. The second-order valence-electron chi connectivity index (χ2n) is 5.60. The Morgan fingerprint density at radius 1 is 1.10 bits per heavy atom. The minimum atomic E-state index is -3.88. The van der Waals surface area contributed by atoms with Gasteiger partial charge in [-0.25, -0.2) is 0 Å². The van der Waals surface area contributed by atoms with Crippen molar-refractivity contribution in [2.75, 3.05) is 53.4 Å². The van der Waals surface area contributed by atoms with Gasteiger partial charge in [0.15, 0.2) is 0 Å². The van der Waals surface area contributed by atoms with Crippen LogP contribution in [0.15, 0.2) is 0 Å². The Morgan fingerprint density at radius 3 is 2.00 bits per heavy atom. The van der Waals surface area contributed by atoms with Crippen molar-refractivity contribution >= 4 is 18.7 Å². The average molecular weight is 330 g/mol. The lowest BCUT2D eigenvalue weighted by Gasteiger charge is -2.31. The lowest BCUT2D eigenvalue weighted by atomic mass is 10.3. The van der Waals surface area contributed by atoms with Crippen molar-refractivity contribution in [2.24, 2.45) is 0 Å². The molecule has 0 saturated heterocycles. The van der Waals surface area contributed by atoms with E-state index in [1.807, 2.05) is 14.1 Å². The number of nitrogens with zero attached hydrogens (tertiary/aromatic N) is 1. The molecular formula is C11H28NO6SSi+. The molecule has 7 nitrogen and oxygen atoms in total. The second-order valence-corrected chi connectivity index (χ2v) is 10.6. The summed E-state index contributed by atoms with van der Waals surface area (Å²) in [6.07, 6.45) is 1.17. The van der Waals surface area contributed by atoms with E-state index in [1.165, 1.54) is 0 Å². The summed E-state index contributed by atoms with van der Waals surface area (Å²) in [6.45, 7) is 1.49. The fraction of sp³-hybridized carbons (Fsp3) is 1.00. The molecule has 0 rings (SSSR count). The summed E-state index contributed by atoms with van der Waals surface area (Å²) < 4.78 is 41.3. The molecule has 0 aliphatic carbocycles. The van der Waals surface area contributed by atoms with E-state index in [0.717, 1.165) is 13.0 Å². The zero-order valence-electron chi connectivity index (χ0n) is 12.8. The smallest absolute Gasteiger partial charge is 0.364 e. The van der Waals surface area contributed by atoms with Gasteiger partial charge in [0.05, 0.1) is 39.2 Å². The summed E-state index contributed by atoms with van der Waals surface area (Å²) >= 11 is 0. The summed E-state index contributed by atoms with van der Waals surface area (Å²) in [5.74, 6) is -0.208. The van der Waals surface area contributed by atoms with Gasteiger partial charge in [-0.1, -0.05) is 0 Å². The fourth-order valence-electron chi connectivity index (χ4n) is 2.06. The van der Waals surface area contributed by atoms with Crippen molar-refractivity contribution in [3.05, 3.63) is 0 Å². The Bertz CT molecular complexity index is 361. The van der Waals surface area contributed by atoms with Crippen LogP contribution in [0, 0.1) is 0 Å². The van der Waals surface area contributed by atoms with Crippen LogP contribution in [0.25, 0.3) is 0 Å². The summed E-state index contributed by atoms with van der Waals surface area (Å²) in [7, 11) is 0.772. The molecule has 122 valence electrons. The third-order valence-corrected chi connectivity index (χ3v) is 7.36. The average Bonchev–Trinajstić information content (AvgIpc) is 2.33. The van der Waals surface area contributed by atoms with Crippen LogP contribution < -0.4 is 0 Å². The monoisotopic (exact) mass is 330 g/mol. The first-order chi connectivity index (χ1) is 9.10. The normalized spacial score (nSPS) is 13.7. The number of aliphatic hydroxyl groups is 1. The molecule has 9 heteroatoms. The molecule has 0 aromatic carbocycles. The first-order valence-corrected chi connectivity index (χ1v) is 10.4. The van der Waals surface area contributed by atoms with Gasteiger partial charge in [0.25, 0.3) is 10.1 Å². The molecule has 0 amide bonds. The van der Waals surface area contributed by atoms with E-state index in [-0.39, 0.29) is 12.0 Å². The molecule has 0 radical (unpaired) electrons. The van der Waals surface area contributed by atoms with E-state index in [1.54, 1.807) is 14.2 Å². The number of aliphatic hydroxyl groups excluding tert-OH is 1. The quantitative estimate of drug-likeness (QED) is 0.315. The molecular weight excluding hydrogens is 302 g/mol. The van der Waals surface area contributed by atoms with E-state index in [4.69, 9.17) is 13.4 Å². The Balaban J connectivity index is 4.15. The second kappa shape index (κ2) is 8.42. The van der Waals surface area contributed by atoms with Gasteiger partial charge in [-0.3, -0.25) is 4.55 Å². The first-order valence-electron chi connectivity index (χ1n) is 6.58. The lowest BCUT2D eigenvalue weighted by Crippen LogP contribution is -2.47. The van der Waals surface area contributed by atoms with Crippen molar-refractivity contribution in [1.29, 1.82) is 0 Å². The summed E-state index contributed by atoms with van der Waals surface area (Å²) in [5.41, 5.74) is 0. The highest BCUT2D eigenvalue weighted by molar-refractivity contribution is 7.85. The van der Waals surface area contributed by atoms with Crippen LogP contribution in [-0.2, 0) is 19.0 Å². The molecule has 2 N–H and O–H groups in total. The zero-order chi connectivity index (χ0) is 15.9. The minimum Gasteiger partial charge on any atom is -0.396 e. The van der Waals surface area contributed by atoms with E-state index in [2.05, 4.69) is 0 Å². The van der Waals surface area contributed by atoms with Crippen molar-refractivity contribution in [2.45, 2.75) is 18.9 Å². The Kier molecular flexibility index (Phi) is 8.41. The van der Waals surface area contributed by atoms with Crippen LogP contribution in [0.4, 0.5) is 0 Å². The van der Waals surface area contributed by atoms with Gasteiger partial charge in [-0.2, -0.15) is 8.42 Å². The standard InChI is InChI=1S/C11H27NO6SSi/c1-12(2,7-5-9-19(14,15)16)8-6-10-20(11-13,17-3)18-4/h13H,5-11H2,1-4H3/p+1. The predicted molar refractivity (Wildman–Crippen MR) is 79.2 cm³/mol. The fourth-order valence-corrected chi connectivity index (χ4v) is 4.24. The zero-order valence-corrected chi connectivity index (χ0v) is 14.6. The maximum atomic E-state index is 10.7. The van der Waals surface area contributed by atoms with E-state index >= 15 is 0 Å². The Hall–Kier alpha value is -0.0331. The number of quaternary nitrogens is 1. The van der Waals surface area contributed by atoms with Crippen LogP contribution >= 0.6 is 0 Å². The van der Waals surface area contributed by atoms with Gasteiger partial charge < -0.3 is 18.4 Å². The van der Waals surface area contributed by atoms with Gasteiger partial charge in [0.2, 0.25) is 0 Å². The van der Waals surface area contributed by atoms with Gasteiger partial charge in [0, 0.05) is 20.6 Å². The molecule has 0 saturated carbocycles. The largest absolute Gasteiger partial charge is 0.396 e. The van der Waals surface area contributed by atoms with Crippen LogP contribution in [0.3, 0.4) is 0 Å². The predicted octanol–water partition coefficient (Wildman–Crippen LogP) is -0.00270. The van der Waals surface area contributed by atoms with Gasteiger partial charge >= 0.3 is 8.56 Å². The van der Waals surface area contributed by atoms with Gasteiger partial charge in [-0.05, 0) is 12.5 Å². The summed E-state index contributed by atoms with van der Waals surface area (Å²) in [4.78, 5) is 0. The maximum absolute atomic E-state index is 10.7. The number of rotatable bonds is 11. The molecule has 0 aliphatic rings. The van der Waals surface area contributed by atoms with Gasteiger partial charge in [-0.15, -0.1) is 0 Å². The molecule has 0 aromatic heterocycles. The third-order valence-electron chi connectivity index (χ3n) is 3.47. The molecule has 0 fully saturated rings. The van der Waals surface area contributed by atoms with Crippen LogP contribution in [0.1, 0.15) is 12.8 Å². The molecule has 0 aromatic rings. The van der Waals surface area contributed by atoms with Crippen molar-refractivity contribution < 1.29 is 31.4 Å². The van der Waals surface area contributed by atoms with Crippen LogP contribution in [0.2, 0.25) is 6.04 Å². The SMILES string of the molecule is CO[Si](CO)(CCC[N+](C)(C)CCCS(=O)(=O)O)OC. The van der Waals surface area contributed by atoms with Crippen LogP contribution in [0.5, 0.6) is 0 Å². The molecule has 0 heterocycles. The van der Waals surface area contributed by atoms with Gasteiger partial charge in [0.1, 0.15) is 0 Å². The van der Waals surface area contributed by atoms with E-state index in [9.17, 15) is 13.5 Å². The molecule has 0 bridgehead atoms. The minimum absolute atomic E-state index is 0.0732. The number of hydrogen-bond acceptors (Lipinski definition) is 5. The highest BCUT2D eigenvalue weighted by atomic mass is 32.2. The maximum Gasteiger partial charge on any atom is 0.364 e. The molecule has 0 atom stereocenters. The highest BCUT2D eigenvalue weighted by Gasteiger charge is 2.35. The highest BCUT2D eigenvalue weighted by Crippen LogP contribution is 2.15. The Morgan fingerprint density at radius 2 is 1.60 bits per heavy atom. The Labute approximate surface area is 123 Å². The van der Waals surface area contributed by atoms with Crippen molar-refractivity contribution in [1.82, 2.24) is 0 Å². The lowest BCUT2D eigenvalue weighted by molar-refractivity contribution is -0.890. The van der Waals surface area contributed by atoms with Crippen molar-refractivity contribution in [3.8, 4) is 0 Å². The summed E-state index contributed by atoms with van der Waals surface area (Å²) in [5, 5.41) is 9.35. The third kappa shape index (κ3) is 8.30. The number of hydrogen-bond donors (Lipinski definition) is 2. The summed E-state index contributed by atoms with van der Waals surface area (Å²) in [6, 6.07) is 0.691.